The average Bonchev–Trinajstić information content (AvgIpc) is 3.25. The Kier molecular flexibility index (Phi) is 6.11. The Morgan fingerprint density at radius 1 is 1.10 bits per heavy atom. The van der Waals surface area contributed by atoms with E-state index in [2.05, 4.69) is 10.4 Å². The molecule has 9 heteroatoms. The van der Waals surface area contributed by atoms with Gasteiger partial charge >= 0.3 is 0 Å². The summed E-state index contributed by atoms with van der Waals surface area (Å²) < 4.78 is 1.62. The molecule has 30 heavy (non-hydrogen) atoms. The van der Waals surface area contributed by atoms with Gasteiger partial charge in [-0.05, 0) is 30.5 Å². The van der Waals surface area contributed by atoms with Crippen LogP contribution in [-0.2, 0) is 20.9 Å². The number of amides is 3. The summed E-state index contributed by atoms with van der Waals surface area (Å²) in [5.74, 6) is -0.409. The van der Waals surface area contributed by atoms with Crippen molar-refractivity contribution >= 4 is 46.7 Å². The van der Waals surface area contributed by atoms with E-state index in [-0.39, 0.29) is 42.5 Å². The number of carbonyl (C=O) groups is 3. The third kappa shape index (κ3) is 4.23. The molecule has 2 atom stereocenters. The number of anilines is 1. The maximum Gasteiger partial charge on any atom is 0.233 e. The van der Waals surface area contributed by atoms with Crippen molar-refractivity contribution in [2.45, 2.75) is 38.6 Å². The zero-order chi connectivity index (χ0) is 21.3. The minimum absolute atomic E-state index is 0.0454. The molecule has 3 amide bonds. The number of imide groups is 1. The number of nitrogens with zero attached hydrogens (tertiary/aromatic N) is 3. The van der Waals surface area contributed by atoms with Crippen LogP contribution in [-0.4, -0.2) is 38.9 Å². The van der Waals surface area contributed by atoms with E-state index in [0.29, 0.717) is 22.4 Å². The lowest BCUT2D eigenvalue weighted by molar-refractivity contribution is -0.140. The van der Waals surface area contributed by atoms with Crippen LogP contribution in [0.25, 0.3) is 0 Å². The summed E-state index contributed by atoms with van der Waals surface area (Å²) in [5.41, 5.74) is 0.816. The SMILES string of the molecule is O=C(CCN1C(=O)C2CCCCC2C1=O)Nc1ccnn1Cc1ccc(Cl)cc1Cl. The highest BCUT2D eigenvalue weighted by Gasteiger charge is 2.47. The fourth-order valence-corrected chi connectivity index (χ4v) is 4.71. The molecule has 2 heterocycles. The van der Waals surface area contributed by atoms with Crippen molar-refractivity contribution in [3.05, 3.63) is 46.1 Å². The van der Waals surface area contributed by atoms with Gasteiger partial charge in [-0.15, -0.1) is 0 Å². The van der Waals surface area contributed by atoms with Crippen LogP contribution in [0.15, 0.2) is 30.5 Å². The molecule has 2 aliphatic rings. The predicted molar refractivity (Wildman–Crippen MR) is 113 cm³/mol. The predicted octanol–water partition coefficient (Wildman–Crippen LogP) is 3.74. The summed E-state index contributed by atoms with van der Waals surface area (Å²) in [5, 5.41) is 8.09. The number of carbonyl (C=O) groups excluding carboxylic acids is 3. The lowest BCUT2D eigenvalue weighted by Crippen LogP contribution is -2.34. The van der Waals surface area contributed by atoms with Crippen LogP contribution >= 0.6 is 23.2 Å². The molecular formula is C21H22Cl2N4O3. The van der Waals surface area contributed by atoms with Gasteiger partial charge in [0, 0.05) is 29.1 Å². The van der Waals surface area contributed by atoms with E-state index < -0.39 is 0 Å². The second-order valence-electron chi connectivity index (χ2n) is 7.73. The van der Waals surface area contributed by atoms with E-state index >= 15 is 0 Å². The molecule has 4 rings (SSSR count). The van der Waals surface area contributed by atoms with Gasteiger partial charge in [-0.2, -0.15) is 5.10 Å². The molecule has 0 spiro atoms. The molecular weight excluding hydrogens is 427 g/mol. The van der Waals surface area contributed by atoms with E-state index in [1.54, 1.807) is 29.1 Å². The van der Waals surface area contributed by atoms with Crippen molar-refractivity contribution in [3.8, 4) is 0 Å². The van der Waals surface area contributed by atoms with Crippen LogP contribution in [0, 0.1) is 11.8 Å². The molecule has 2 unspecified atom stereocenters. The highest BCUT2D eigenvalue weighted by molar-refractivity contribution is 6.35. The molecule has 1 aromatic carbocycles. The monoisotopic (exact) mass is 448 g/mol. The summed E-state index contributed by atoms with van der Waals surface area (Å²) in [6.45, 7) is 0.471. The number of aromatic nitrogens is 2. The maximum absolute atomic E-state index is 12.5. The van der Waals surface area contributed by atoms with Gasteiger partial charge in [0.25, 0.3) is 0 Å². The van der Waals surface area contributed by atoms with Crippen molar-refractivity contribution in [1.82, 2.24) is 14.7 Å². The first-order chi connectivity index (χ1) is 14.4. The number of halogens is 2. The minimum atomic E-state index is -0.283. The average molecular weight is 449 g/mol. The number of nitrogens with one attached hydrogen (secondary N) is 1. The van der Waals surface area contributed by atoms with Crippen LogP contribution in [0.1, 0.15) is 37.7 Å². The number of likely N-dealkylation sites (tertiary alicyclic amines) is 1. The largest absolute Gasteiger partial charge is 0.311 e. The highest BCUT2D eigenvalue weighted by atomic mass is 35.5. The Hall–Kier alpha value is -2.38. The molecule has 1 aliphatic heterocycles. The van der Waals surface area contributed by atoms with E-state index in [9.17, 15) is 14.4 Å². The van der Waals surface area contributed by atoms with Crippen LogP contribution in [0.3, 0.4) is 0 Å². The molecule has 2 fully saturated rings. The van der Waals surface area contributed by atoms with Crippen LogP contribution in [0.2, 0.25) is 10.0 Å². The van der Waals surface area contributed by atoms with Crippen LogP contribution < -0.4 is 5.32 Å². The Morgan fingerprint density at radius 3 is 2.47 bits per heavy atom. The van der Waals surface area contributed by atoms with Gasteiger partial charge in [0.05, 0.1) is 24.6 Å². The first kappa shape index (κ1) is 20.9. The fourth-order valence-electron chi connectivity index (χ4n) is 4.25. The normalized spacial score (nSPS) is 21.1. The van der Waals surface area contributed by atoms with Gasteiger partial charge in [0.1, 0.15) is 5.82 Å². The van der Waals surface area contributed by atoms with E-state index in [4.69, 9.17) is 23.2 Å². The van der Waals surface area contributed by atoms with Crippen molar-refractivity contribution in [3.63, 3.8) is 0 Å². The van der Waals surface area contributed by atoms with Gasteiger partial charge in [-0.1, -0.05) is 42.1 Å². The molecule has 7 nitrogen and oxygen atoms in total. The Labute approximate surface area is 184 Å². The Morgan fingerprint density at radius 2 is 1.80 bits per heavy atom. The molecule has 158 valence electrons. The molecule has 1 N–H and O–H groups in total. The lowest BCUT2D eigenvalue weighted by Gasteiger charge is -2.19. The molecule has 1 saturated heterocycles. The molecule has 1 aliphatic carbocycles. The smallest absolute Gasteiger partial charge is 0.233 e. The summed E-state index contributed by atoms with van der Waals surface area (Å²) in [6, 6.07) is 6.89. The fraction of sp³-hybridized carbons (Fsp3) is 0.429. The first-order valence-electron chi connectivity index (χ1n) is 10.0. The second kappa shape index (κ2) is 8.78. The lowest BCUT2D eigenvalue weighted by atomic mass is 9.81. The van der Waals surface area contributed by atoms with Crippen molar-refractivity contribution in [2.75, 3.05) is 11.9 Å². The first-order valence-corrected chi connectivity index (χ1v) is 10.8. The van der Waals surface area contributed by atoms with Gasteiger partial charge in [-0.25, -0.2) is 4.68 Å². The Balaban J connectivity index is 1.36. The Bertz CT molecular complexity index is 966. The van der Waals surface area contributed by atoms with E-state index in [0.717, 1.165) is 31.2 Å². The minimum Gasteiger partial charge on any atom is -0.311 e. The quantitative estimate of drug-likeness (QED) is 0.681. The summed E-state index contributed by atoms with van der Waals surface area (Å²) in [7, 11) is 0. The topological polar surface area (TPSA) is 84.3 Å². The standard InChI is InChI=1S/C21H22Cl2N4O3/c22-14-6-5-13(17(23)11-14)12-27-18(7-9-24-27)25-19(28)8-10-26-20(29)15-3-1-2-4-16(15)21(26)30/h5-7,9,11,15-16H,1-4,8,10,12H2,(H,25,28). The maximum atomic E-state index is 12.5. The number of hydrogen-bond acceptors (Lipinski definition) is 4. The number of hydrogen-bond donors (Lipinski definition) is 1. The summed E-state index contributed by atoms with van der Waals surface area (Å²) >= 11 is 12.2. The molecule has 1 aromatic heterocycles. The van der Waals surface area contributed by atoms with Gasteiger partial charge < -0.3 is 5.32 Å². The molecule has 2 aromatic rings. The number of rotatable bonds is 6. The second-order valence-corrected chi connectivity index (χ2v) is 8.58. The van der Waals surface area contributed by atoms with Crippen LogP contribution in [0.4, 0.5) is 5.82 Å². The van der Waals surface area contributed by atoms with Crippen molar-refractivity contribution in [1.29, 1.82) is 0 Å². The van der Waals surface area contributed by atoms with Crippen molar-refractivity contribution < 1.29 is 14.4 Å². The zero-order valence-electron chi connectivity index (χ0n) is 16.3. The van der Waals surface area contributed by atoms with Gasteiger partial charge in [-0.3, -0.25) is 19.3 Å². The van der Waals surface area contributed by atoms with Gasteiger partial charge in [0.2, 0.25) is 17.7 Å². The van der Waals surface area contributed by atoms with Crippen molar-refractivity contribution in [2.24, 2.45) is 11.8 Å². The third-order valence-electron chi connectivity index (χ3n) is 5.81. The van der Waals surface area contributed by atoms with Gasteiger partial charge in [0.15, 0.2) is 0 Å². The molecule has 0 bridgehead atoms. The molecule has 1 saturated carbocycles. The van der Waals surface area contributed by atoms with E-state index in [1.165, 1.54) is 4.90 Å². The van der Waals surface area contributed by atoms with E-state index in [1.807, 2.05) is 6.07 Å². The zero-order valence-corrected chi connectivity index (χ0v) is 17.8. The third-order valence-corrected chi connectivity index (χ3v) is 6.40. The number of benzene rings is 1. The molecule has 0 radical (unpaired) electrons. The highest BCUT2D eigenvalue weighted by Crippen LogP contribution is 2.38. The van der Waals surface area contributed by atoms with Crippen LogP contribution in [0.5, 0.6) is 0 Å². The number of fused-ring (bicyclic) bond motifs is 1. The summed E-state index contributed by atoms with van der Waals surface area (Å²) in [6.07, 6.45) is 5.13. The summed E-state index contributed by atoms with van der Waals surface area (Å²) in [4.78, 5) is 38.8.